The van der Waals surface area contributed by atoms with Gasteiger partial charge in [-0.05, 0) is 107 Å². The normalized spacial score (nSPS) is 42.2. The maximum Gasteiger partial charge on any atom is 0.302 e. The number of hydrogen-bond acceptors (Lipinski definition) is 5. The van der Waals surface area contributed by atoms with Crippen LogP contribution in [0.25, 0.3) is 0 Å². The molecule has 5 rings (SSSR count). The largest absolute Gasteiger partial charge is 0.460 e. The molecule has 1 aromatic rings. The first-order valence-electron chi connectivity index (χ1n) is 15.2. The molecule has 1 amide bonds. The van der Waals surface area contributed by atoms with E-state index in [0.717, 1.165) is 32.1 Å². The number of esters is 1. The van der Waals surface area contributed by atoms with Crippen molar-refractivity contribution in [3.05, 3.63) is 35.9 Å². The summed E-state index contributed by atoms with van der Waals surface area (Å²) in [5.74, 6) is 1.92. The molecule has 6 heteroatoms. The first-order chi connectivity index (χ1) is 18.4. The highest BCUT2D eigenvalue weighted by Gasteiger charge is 2.65. The Morgan fingerprint density at radius 3 is 2.28 bits per heavy atom. The Bertz CT molecular complexity index is 1060. The number of likely N-dealkylation sites (N-methyl/N-ethyl adjacent to an activating group) is 1. The van der Waals surface area contributed by atoms with Crippen molar-refractivity contribution in [2.75, 3.05) is 21.1 Å². The lowest BCUT2D eigenvalue weighted by molar-refractivity contribution is -0.202. The fraction of sp³-hybridized carbons (Fsp3) is 0.758. The van der Waals surface area contributed by atoms with Crippen LogP contribution >= 0.6 is 0 Å². The standard InChI is InChI=1S/C33H50N2O4/c1-20(34(5)6)24-15-16-25-23-13-14-26-30(39-21(2)36)28(35(7)31(38)22-11-9-8-10-12-22)17-18-32(26,3)27(23)19-29(37)33(24,25)4/h8-12,20,23-30,37H,13-19H2,1-7H3/t20-,23-,24+,25-,26-,27-,28+,29+,30+,32-,33+/m0/s1. The minimum Gasteiger partial charge on any atom is -0.460 e. The fourth-order valence-electron chi connectivity index (χ4n) is 10.1. The number of nitrogens with zero attached hydrogens (tertiary/aromatic N) is 2. The highest BCUT2D eigenvalue weighted by molar-refractivity contribution is 5.94. The summed E-state index contributed by atoms with van der Waals surface area (Å²) in [6, 6.07) is 9.69. The third-order valence-electron chi connectivity index (χ3n) is 12.4. The Morgan fingerprint density at radius 1 is 0.974 bits per heavy atom. The molecule has 1 N–H and O–H groups in total. The molecule has 11 atom stereocenters. The van der Waals surface area contributed by atoms with Crippen molar-refractivity contribution in [1.29, 1.82) is 0 Å². The van der Waals surface area contributed by atoms with Crippen LogP contribution in [0.2, 0.25) is 0 Å². The zero-order valence-electron chi connectivity index (χ0n) is 25.1. The van der Waals surface area contributed by atoms with Crippen molar-refractivity contribution >= 4 is 11.9 Å². The third-order valence-corrected chi connectivity index (χ3v) is 12.4. The number of carbonyl (C=O) groups is 2. The van der Waals surface area contributed by atoms with Gasteiger partial charge in [-0.1, -0.05) is 32.0 Å². The van der Waals surface area contributed by atoms with Gasteiger partial charge in [0.25, 0.3) is 5.91 Å². The molecule has 0 spiro atoms. The van der Waals surface area contributed by atoms with E-state index in [2.05, 4.69) is 39.8 Å². The Morgan fingerprint density at radius 2 is 1.64 bits per heavy atom. The number of aliphatic hydroxyl groups is 1. The summed E-state index contributed by atoms with van der Waals surface area (Å²) >= 11 is 0. The Hall–Kier alpha value is -1.92. The highest BCUT2D eigenvalue weighted by Crippen LogP contribution is 2.68. The maximum atomic E-state index is 13.4. The van der Waals surface area contributed by atoms with Gasteiger partial charge in [0.2, 0.25) is 0 Å². The molecule has 216 valence electrons. The van der Waals surface area contributed by atoms with Gasteiger partial charge in [-0.2, -0.15) is 0 Å². The monoisotopic (exact) mass is 538 g/mol. The van der Waals surface area contributed by atoms with Gasteiger partial charge in [0, 0.05) is 36.9 Å². The number of ether oxygens (including phenoxy) is 1. The van der Waals surface area contributed by atoms with E-state index in [0.29, 0.717) is 35.3 Å². The molecule has 0 unspecified atom stereocenters. The molecule has 0 bridgehead atoms. The van der Waals surface area contributed by atoms with Gasteiger partial charge in [0.05, 0.1) is 12.1 Å². The number of fused-ring (bicyclic) bond motifs is 5. The van der Waals surface area contributed by atoms with E-state index in [-0.39, 0.29) is 46.9 Å². The molecule has 39 heavy (non-hydrogen) atoms. The van der Waals surface area contributed by atoms with Gasteiger partial charge in [0.1, 0.15) is 6.10 Å². The topological polar surface area (TPSA) is 70.1 Å². The summed E-state index contributed by atoms with van der Waals surface area (Å²) in [6.45, 7) is 8.61. The minimum absolute atomic E-state index is 0.0223. The second-order valence-corrected chi connectivity index (χ2v) is 14.0. The van der Waals surface area contributed by atoms with Crippen LogP contribution in [0, 0.1) is 40.4 Å². The van der Waals surface area contributed by atoms with Gasteiger partial charge in [0.15, 0.2) is 0 Å². The molecular formula is C33H50N2O4. The van der Waals surface area contributed by atoms with Crippen molar-refractivity contribution in [1.82, 2.24) is 9.80 Å². The highest BCUT2D eigenvalue weighted by atomic mass is 16.5. The van der Waals surface area contributed by atoms with E-state index in [1.165, 1.54) is 19.8 Å². The molecule has 1 aromatic carbocycles. The second-order valence-electron chi connectivity index (χ2n) is 14.0. The van der Waals surface area contributed by atoms with E-state index >= 15 is 0 Å². The van der Waals surface area contributed by atoms with Crippen LogP contribution in [0.4, 0.5) is 0 Å². The molecule has 0 radical (unpaired) electrons. The lowest BCUT2D eigenvalue weighted by Crippen LogP contribution is -2.64. The molecule has 0 aliphatic heterocycles. The lowest BCUT2D eigenvalue weighted by atomic mass is 9.43. The number of amides is 1. The van der Waals surface area contributed by atoms with Crippen LogP contribution in [0.3, 0.4) is 0 Å². The number of carbonyl (C=O) groups excluding carboxylic acids is 2. The van der Waals surface area contributed by atoms with Gasteiger partial charge in [-0.3, -0.25) is 9.59 Å². The van der Waals surface area contributed by atoms with Crippen molar-refractivity contribution in [3.63, 3.8) is 0 Å². The molecule has 4 aliphatic carbocycles. The number of rotatable bonds is 5. The number of aliphatic hydroxyl groups excluding tert-OH is 1. The lowest BCUT2D eigenvalue weighted by Gasteiger charge is -2.64. The Kier molecular flexibility index (Phi) is 7.69. The molecule has 0 aromatic heterocycles. The predicted molar refractivity (Wildman–Crippen MR) is 153 cm³/mol. The van der Waals surface area contributed by atoms with E-state index in [9.17, 15) is 14.7 Å². The van der Waals surface area contributed by atoms with Crippen molar-refractivity contribution in [3.8, 4) is 0 Å². The van der Waals surface area contributed by atoms with Crippen molar-refractivity contribution in [2.45, 2.75) is 96.9 Å². The average Bonchev–Trinajstić information content (AvgIpc) is 3.26. The summed E-state index contributed by atoms with van der Waals surface area (Å²) in [5, 5.41) is 11.9. The van der Waals surface area contributed by atoms with Crippen LogP contribution in [-0.2, 0) is 9.53 Å². The quantitative estimate of drug-likeness (QED) is 0.519. The number of hydrogen-bond donors (Lipinski definition) is 1. The van der Waals surface area contributed by atoms with Gasteiger partial charge >= 0.3 is 5.97 Å². The van der Waals surface area contributed by atoms with E-state index in [1.54, 1.807) is 0 Å². The fourth-order valence-corrected chi connectivity index (χ4v) is 10.1. The molecular weight excluding hydrogens is 488 g/mol. The maximum absolute atomic E-state index is 13.4. The second kappa shape index (κ2) is 10.5. The summed E-state index contributed by atoms with van der Waals surface area (Å²) in [5.41, 5.74) is 0.586. The smallest absolute Gasteiger partial charge is 0.302 e. The molecule has 0 saturated heterocycles. The summed E-state index contributed by atoms with van der Waals surface area (Å²) in [6.07, 6.45) is 6.49. The molecule has 4 saturated carbocycles. The summed E-state index contributed by atoms with van der Waals surface area (Å²) in [7, 11) is 6.20. The first-order valence-corrected chi connectivity index (χ1v) is 15.2. The first kappa shape index (κ1) is 28.6. The minimum atomic E-state index is -0.324. The van der Waals surface area contributed by atoms with E-state index in [4.69, 9.17) is 4.74 Å². The van der Waals surface area contributed by atoms with Gasteiger partial charge in [-0.25, -0.2) is 0 Å². The van der Waals surface area contributed by atoms with E-state index in [1.807, 2.05) is 42.3 Å². The molecule has 4 fully saturated rings. The molecule has 6 nitrogen and oxygen atoms in total. The summed E-state index contributed by atoms with van der Waals surface area (Å²) < 4.78 is 6.13. The van der Waals surface area contributed by atoms with Crippen LogP contribution in [0.15, 0.2) is 30.3 Å². The SMILES string of the molecule is CC(=O)O[C@H]1[C@H](N(C)C(=O)c2ccccc2)CC[C@]2(C)[C@H]3C[C@@H](O)[C@]4(C)[C@@H]([C@H](C)N(C)C)CC[C@H]4[C@@H]3CC[C@@H]12. The zero-order chi connectivity index (χ0) is 28.3. The van der Waals surface area contributed by atoms with Gasteiger partial charge in [-0.15, -0.1) is 0 Å². The van der Waals surface area contributed by atoms with E-state index < -0.39 is 0 Å². The Balaban J connectivity index is 1.43. The van der Waals surface area contributed by atoms with Crippen LogP contribution in [0.1, 0.15) is 83.0 Å². The Labute approximate surface area is 235 Å². The van der Waals surface area contributed by atoms with Crippen molar-refractivity contribution < 1.29 is 19.4 Å². The summed E-state index contributed by atoms with van der Waals surface area (Å²) in [4.78, 5) is 30.0. The van der Waals surface area contributed by atoms with Crippen LogP contribution in [-0.4, -0.2) is 72.2 Å². The van der Waals surface area contributed by atoms with Gasteiger partial charge < -0.3 is 19.6 Å². The third kappa shape index (κ3) is 4.54. The average molecular weight is 539 g/mol. The molecule has 0 heterocycles. The predicted octanol–water partition coefficient (Wildman–Crippen LogP) is 5.25. The van der Waals surface area contributed by atoms with Crippen molar-refractivity contribution in [2.24, 2.45) is 40.4 Å². The molecule has 4 aliphatic rings. The zero-order valence-corrected chi connectivity index (χ0v) is 25.1. The number of benzene rings is 1. The van der Waals surface area contributed by atoms with Crippen LogP contribution in [0.5, 0.6) is 0 Å². The van der Waals surface area contributed by atoms with Crippen LogP contribution < -0.4 is 0 Å².